The number of hydrogen-bond donors (Lipinski definition) is 1. The van der Waals surface area contributed by atoms with Gasteiger partial charge in [-0.3, -0.25) is 10.1 Å². The fourth-order valence-electron chi connectivity index (χ4n) is 2.38. The van der Waals surface area contributed by atoms with Crippen LogP contribution < -0.4 is 19.5 Å². The maximum atomic E-state index is 12.6. The number of ether oxygens (including phenoxy) is 3. The molecule has 0 bridgehead atoms. The van der Waals surface area contributed by atoms with Crippen LogP contribution in [0.1, 0.15) is 20.9 Å². The zero-order chi connectivity index (χ0) is 19.2. The third-order valence-corrected chi connectivity index (χ3v) is 4.54. The van der Waals surface area contributed by atoms with Crippen LogP contribution in [0.15, 0.2) is 42.5 Å². The van der Waals surface area contributed by atoms with Crippen LogP contribution in [0.5, 0.6) is 17.2 Å². The molecule has 0 aliphatic carbocycles. The second-order valence-electron chi connectivity index (χ2n) is 5.59. The van der Waals surface area contributed by atoms with Crippen molar-refractivity contribution < 1.29 is 19.0 Å². The van der Waals surface area contributed by atoms with Crippen LogP contribution in [0.3, 0.4) is 0 Å². The first-order chi connectivity index (χ1) is 13.1. The van der Waals surface area contributed by atoms with E-state index in [2.05, 4.69) is 15.5 Å². The van der Waals surface area contributed by atoms with Gasteiger partial charge in [0.25, 0.3) is 5.91 Å². The standard InChI is InChI=1S/C19H19N3O4S/c1-12-7-9-13(10-8-12)26-11-16-21-22-19(27-16)20-18(23)17-14(24-2)5-4-6-15(17)25-3/h4-10H,11H2,1-3H3,(H,20,22,23). The molecule has 1 aromatic heterocycles. The second-order valence-corrected chi connectivity index (χ2v) is 6.66. The lowest BCUT2D eigenvalue weighted by molar-refractivity contribution is 0.102. The summed E-state index contributed by atoms with van der Waals surface area (Å²) >= 11 is 1.24. The molecule has 0 aliphatic heterocycles. The molecular weight excluding hydrogens is 366 g/mol. The predicted octanol–water partition coefficient (Wildman–Crippen LogP) is 3.70. The first-order valence-corrected chi connectivity index (χ1v) is 8.96. The van der Waals surface area contributed by atoms with E-state index in [1.165, 1.54) is 25.6 Å². The van der Waals surface area contributed by atoms with Gasteiger partial charge in [-0.1, -0.05) is 35.1 Å². The molecule has 0 unspecified atom stereocenters. The van der Waals surface area contributed by atoms with Crippen molar-refractivity contribution in [3.8, 4) is 17.2 Å². The Kier molecular flexibility index (Phi) is 5.87. The number of nitrogens with one attached hydrogen (secondary N) is 1. The number of amides is 1. The summed E-state index contributed by atoms with van der Waals surface area (Å²) in [4.78, 5) is 12.6. The molecular formula is C19H19N3O4S. The number of rotatable bonds is 7. The van der Waals surface area contributed by atoms with Gasteiger partial charge in [-0.2, -0.15) is 0 Å². The number of hydrogen-bond acceptors (Lipinski definition) is 7. The number of methoxy groups -OCH3 is 2. The topological polar surface area (TPSA) is 82.6 Å². The summed E-state index contributed by atoms with van der Waals surface area (Å²) in [5.41, 5.74) is 1.46. The minimum Gasteiger partial charge on any atom is -0.496 e. The Morgan fingerprint density at radius 2 is 1.70 bits per heavy atom. The highest BCUT2D eigenvalue weighted by atomic mass is 32.1. The Morgan fingerprint density at radius 1 is 1.04 bits per heavy atom. The van der Waals surface area contributed by atoms with E-state index in [1.54, 1.807) is 18.2 Å². The number of carbonyl (C=O) groups excluding carboxylic acids is 1. The quantitative estimate of drug-likeness (QED) is 0.668. The molecule has 0 saturated carbocycles. The Morgan fingerprint density at radius 3 is 2.33 bits per heavy atom. The Labute approximate surface area is 160 Å². The van der Waals surface area contributed by atoms with Gasteiger partial charge in [-0.15, -0.1) is 10.2 Å². The van der Waals surface area contributed by atoms with Gasteiger partial charge < -0.3 is 14.2 Å². The van der Waals surface area contributed by atoms with E-state index in [0.29, 0.717) is 27.2 Å². The smallest absolute Gasteiger partial charge is 0.265 e. The molecule has 0 saturated heterocycles. The molecule has 0 spiro atoms. The molecule has 1 N–H and O–H groups in total. The van der Waals surface area contributed by atoms with Gasteiger partial charge in [0.05, 0.1) is 14.2 Å². The average Bonchev–Trinajstić information content (AvgIpc) is 3.14. The van der Waals surface area contributed by atoms with E-state index in [1.807, 2.05) is 31.2 Å². The van der Waals surface area contributed by atoms with Crippen molar-refractivity contribution >= 4 is 22.4 Å². The fraction of sp³-hybridized carbons (Fsp3) is 0.211. The summed E-state index contributed by atoms with van der Waals surface area (Å²) in [5, 5.41) is 11.8. The maximum Gasteiger partial charge on any atom is 0.265 e. The summed E-state index contributed by atoms with van der Waals surface area (Å²) < 4.78 is 16.2. The normalized spacial score (nSPS) is 10.3. The van der Waals surface area contributed by atoms with Crippen LogP contribution in [0, 0.1) is 6.92 Å². The second kappa shape index (κ2) is 8.50. The van der Waals surface area contributed by atoms with Crippen molar-refractivity contribution in [2.75, 3.05) is 19.5 Å². The molecule has 2 aromatic carbocycles. The molecule has 0 radical (unpaired) electrons. The van der Waals surface area contributed by atoms with Crippen LogP contribution in [0.2, 0.25) is 0 Å². The summed E-state index contributed by atoms with van der Waals surface area (Å²) in [7, 11) is 2.99. The van der Waals surface area contributed by atoms with E-state index in [9.17, 15) is 4.79 Å². The number of aromatic nitrogens is 2. The van der Waals surface area contributed by atoms with Gasteiger partial charge in [0, 0.05) is 0 Å². The highest BCUT2D eigenvalue weighted by molar-refractivity contribution is 7.15. The number of aryl methyl sites for hydroxylation is 1. The molecule has 1 heterocycles. The monoisotopic (exact) mass is 385 g/mol. The maximum absolute atomic E-state index is 12.6. The third kappa shape index (κ3) is 4.53. The minimum absolute atomic E-state index is 0.272. The van der Waals surface area contributed by atoms with E-state index in [4.69, 9.17) is 14.2 Å². The molecule has 7 nitrogen and oxygen atoms in total. The van der Waals surface area contributed by atoms with Gasteiger partial charge in [0.15, 0.2) is 5.01 Å². The first-order valence-electron chi connectivity index (χ1n) is 8.15. The van der Waals surface area contributed by atoms with Gasteiger partial charge in [0.2, 0.25) is 5.13 Å². The summed E-state index contributed by atoms with van der Waals surface area (Å²) in [6.45, 7) is 2.29. The summed E-state index contributed by atoms with van der Waals surface area (Å²) in [6.07, 6.45) is 0. The van der Waals surface area contributed by atoms with E-state index in [-0.39, 0.29) is 12.5 Å². The largest absolute Gasteiger partial charge is 0.496 e. The van der Waals surface area contributed by atoms with E-state index in [0.717, 1.165) is 11.3 Å². The van der Waals surface area contributed by atoms with E-state index < -0.39 is 0 Å². The summed E-state index contributed by atoms with van der Waals surface area (Å²) in [5.74, 6) is 1.20. The molecule has 0 aliphatic rings. The Bertz CT molecular complexity index is 903. The van der Waals surface area contributed by atoms with Gasteiger partial charge in [-0.05, 0) is 31.2 Å². The van der Waals surface area contributed by atoms with E-state index >= 15 is 0 Å². The zero-order valence-corrected chi connectivity index (χ0v) is 16.0. The number of carbonyl (C=O) groups is 1. The van der Waals surface area contributed by atoms with Crippen molar-refractivity contribution in [3.63, 3.8) is 0 Å². The SMILES string of the molecule is COc1cccc(OC)c1C(=O)Nc1nnc(COc2ccc(C)cc2)s1. The molecule has 3 aromatic rings. The Balaban J connectivity index is 1.67. The molecule has 1 amide bonds. The van der Waals surface area contributed by atoms with Crippen LogP contribution in [-0.4, -0.2) is 30.3 Å². The van der Waals surface area contributed by atoms with Crippen molar-refractivity contribution in [2.45, 2.75) is 13.5 Å². The van der Waals surface area contributed by atoms with Crippen molar-refractivity contribution in [1.82, 2.24) is 10.2 Å². The summed E-state index contributed by atoms with van der Waals surface area (Å²) in [6, 6.07) is 12.9. The lowest BCUT2D eigenvalue weighted by Gasteiger charge is -2.11. The third-order valence-electron chi connectivity index (χ3n) is 3.73. The Hall–Kier alpha value is -3.13. The van der Waals surface area contributed by atoms with Gasteiger partial charge >= 0.3 is 0 Å². The molecule has 0 atom stereocenters. The van der Waals surface area contributed by atoms with Crippen molar-refractivity contribution in [1.29, 1.82) is 0 Å². The van der Waals surface area contributed by atoms with Gasteiger partial charge in [-0.25, -0.2) is 0 Å². The van der Waals surface area contributed by atoms with Crippen LogP contribution in [-0.2, 0) is 6.61 Å². The van der Waals surface area contributed by atoms with Crippen LogP contribution in [0.25, 0.3) is 0 Å². The van der Waals surface area contributed by atoms with Crippen molar-refractivity contribution in [2.24, 2.45) is 0 Å². The van der Waals surface area contributed by atoms with Crippen LogP contribution in [0.4, 0.5) is 5.13 Å². The van der Waals surface area contributed by atoms with Gasteiger partial charge in [0.1, 0.15) is 29.4 Å². The number of anilines is 1. The van der Waals surface area contributed by atoms with Crippen molar-refractivity contribution in [3.05, 3.63) is 58.6 Å². The number of benzene rings is 2. The molecule has 140 valence electrons. The number of nitrogens with zero attached hydrogens (tertiary/aromatic N) is 2. The molecule has 27 heavy (non-hydrogen) atoms. The highest BCUT2D eigenvalue weighted by Gasteiger charge is 2.19. The minimum atomic E-state index is -0.383. The fourth-order valence-corrected chi connectivity index (χ4v) is 3.02. The highest BCUT2D eigenvalue weighted by Crippen LogP contribution is 2.29. The molecule has 8 heteroatoms. The molecule has 0 fully saturated rings. The van der Waals surface area contributed by atoms with Crippen LogP contribution >= 0.6 is 11.3 Å². The zero-order valence-electron chi connectivity index (χ0n) is 15.2. The average molecular weight is 385 g/mol. The lowest BCUT2D eigenvalue weighted by atomic mass is 10.1. The molecule has 3 rings (SSSR count). The first kappa shape index (κ1) is 18.7. The lowest BCUT2D eigenvalue weighted by Crippen LogP contribution is -2.14. The predicted molar refractivity (Wildman–Crippen MR) is 103 cm³/mol.